The highest BCUT2D eigenvalue weighted by Crippen LogP contribution is 2.25. The average molecular weight is 241 g/mol. The summed E-state index contributed by atoms with van der Waals surface area (Å²) in [4.78, 5) is 13.9. The number of hydrogen-bond donors (Lipinski definition) is 1. The van der Waals surface area contributed by atoms with Gasteiger partial charge in [0.15, 0.2) is 0 Å². The Hall–Kier alpha value is -0.770. The monoisotopic (exact) mass is 241 g/mol. The molecule has 2 saturated heterocycles. The number of rotatable bonds is 0. The van der Waals surface area contributed by atoms with Crippen LogP contribution in [0.4, 0.5) is 4.79 Å². The summed E-state index contributed by atoms with van der Waals surface area (Å²) in [6, 6.07) is 0. The first-order chi connectivity index (χ1) is 7.90. The van der Waals surface area contributed by atoms with E-state index in [9.17, 15) is 4.79 Å². The molecule has 0 aromatic heterocycles. The second-order valence-corrected chi connectivity index (χ2v) is 6.46. The van der Waals surface area contributed by atoms with Gasteiger partial charge >= 0.3 is 6.09 Å². The third-order valence-corrected chi connectivity index (χ3v) is 3.72. The number of piperidine rings is 1. The summed E-state index contributed by atoms with van der Waals surface area (Å²) in [6.45, 7) is 8.69. The molecule has 2 aliphatic heterocycles. The van der Waals surface area contributed by atoms with Crippen LogP contribution < -0.4 is 5.32 Å². The van der Waals surface area contributed by atoms with E-state index >= 15 is 0 Å². The van der Waals surface area contributed by atoms with Crippen LogP contribution in [-0.2, 0) is 4.74 Å². The summed E-state index contributed by atoms with van der Waals surface area (Å²) in [7, 11) is 0. The highest BCUT2D eigenvalue weighted by Gasteiger charge is 2.43. The van der Waals surface area contributed by atoms with Crippen molar-refractivity contribution in [1.82, 2.24) is 4.90 Å². The van der Waals surface area contributed by atoms with Crippen molar-refractivity contribution in [3.8, 4) is 0 Å². The Kier molecular flexibility index (Phi) is 3.34. The lowest BCUT2D eigenvalue weighted by Crippen LogP contribution is -2.96. The Labute approximate surface area is 104 Å². The van der Waals surface area contributed by atoms with E-state index in [2.05, 4.69) is 5.32 Å². The molecule has 0 unspecified atom stereocenters. The van der Waals surface area contributed by atoms with Crippen LogP contribution in [0.3, 0.4) is 0 Å². The van der Waals surface area contributed by atoms with E-state index in [1.165, 1.54) is 25.8 Å². The molecule has 2 fully saturated rings. The zero-order valence-corrected chi connectivity index (χ0v) is 11.3. The van der Waals surface area contributed by atoms with Crippen molar-refractivity contribution in [2.24, 2.45) is 0 Å². The molecule has 0 aromatic carbocycles. The first-order valence-corrected chi connectivity index (χ1v) is 6.73. The number of nitrogens with two attached hydrogens (primary N) is 1. The molecular weight excluding hydrogens is 216 g/mol. The fourth-order valence-electron chi connectivity index (χ4n) is 2.98. The summed E-state index contributed by atoms with van der Waals surface area (Å²) >= 11 is 0. The van der Waals surface area contributed by atoms with Gasteiger partial charge in [0.2, 0.25) is 0 Å². The summed E-state index contributed by atoms with van der Waals surface area (Å²) in [5, 5.41) is 2.43. The molecule has 1 spiro atoms. The summed E-state index contributed by atoms with van der Waals surface area (Å²) < 4.78 is 5.45. The SMILES string of the molecule is CC(C)(C)OC(=O)N1CCC[C@@]2(CCC[NH2+]2)C1. The number of ether oxygens (including phenoxy) is 1. The van der Waals surface area contributed by atoms with E-state index in [1.54, 1.807) is 0 Å². The topological polar surface area (TPSA) is 46.1 Å². The molecule has 0 bridgehead atoms. The molecule has 2 heterocycles. The number of nitrogens with zero attached hydrogens (tertiary/aromatic N) is 1. The fraction of sp³-hybridized carbons (Fsp3) is 0.923. The molecule has 2 N–H and O–H groups in total. The van der Waals surface area contributed by atoms with Gasteiger partial charge in [-0.25, -0.2) is 4.79 Å². The molecule has 0 aliphatic carbocycles. The summed E-state index contributed by atoms with van der Waals surface area (Å²) in [5.41, 5.74) is -0.0871. The Bertz CT molecular complexity index is 290. The fourth-order valence-corrected chi connectivity index (χ4v) is 2.98. The quantitative estimate of drug-likeness (QED) is 0.690. The normalized spacial score (nSPS) is 29.7. The van der Waals surface area contributed by atoms with Crippen molar-refractivity contribution in [1.29, 1.82) is 0 Å². The first-order valence-electron chi connectivity index (χ1n) is 6.73. The largest absolute Gasteiger partial charge is 0.444 e. The second kappa shape index (κ2) is 4.48. The number of quaternary nitrogens is 1. The molecule has 17 heavy (non-hydrogen) atoms. The van der Waals surface area contributed by atoms with Crippen LogP contribution in [0.15, 0.2) is 0 Å². The van der Waals surface area contributed by atoms with Gasteiger partial charge < -0.3 is 15.0 Å². The molecule has 0 saturated carbocycles. The second-order valence-electron chi connectivity index (χ2n) is 6.46. The van der Waals surface area contributed by atoms with Gasteiger partial charge in [0.05, 0.1) is 13.1 Å². The summed E-state index contributed by atoms with van der Waals surface area (Å²) in [5.74, 6) is 0. The van der Waals surface area contributed by atoms with Crippen LogP contribution >= 0.6 is 0 Å². The van der Waals surface area contributed by atoms with Crippen LogP contribution in [0.5, 0.6) is 0 Å². The molecule has 4 nitrogen and oxygen atoms in total. The minimum absolute atomic E-state index is 0.142. The Morgan fingerprint density at radius 2 is 2.00 bits per heavy atom. The van der Waals surface area contributed by atoms with Crippen LogP contribution in [0.25, 0.3) is 0 Å². The average Bonchev–Trinajstić information content (AvgIpc) is 2.64. The maximum absolute atomic E-state index is 12.0. The van der Waals surface area contributed by atoms with Crippen molar-refractivity contribution >= 4 is 6.09 Å². The van der Waals surface area contributed by atoms with E-state index < -0.39 is 0 Å². The van der Waals surface area contributed by atoms with Crippen molar-refractivity contribution in [3.63, 3.8) is 0 Å². The maximum atomic E-state index is 12.0. The van der Waals surface area contributed by atoms with E-state index in [4.69, 9.17) is 4.74 Å². The van der Waals surface area contributed by atoms with Gasteiger partial charge in [-0.05, 0) is 27.2 Å². The Morgan fingerprint density at radius 3 is 2.59 bits per heavy atom. The first kappa shape index (κ1) is 12.7. The van der Waals surface area contributed by atoms with Crippen molar-refractivity contribution < 1.29 is 14.8 Å². The highest BCUT2D eigenvalue weighted by molar-refractivity contribution is 5.68. The minimum Gasteiger partial charge on any atom is -0.444 e. The van der Waals surface area contributed by atoms with E-state index in [1.807, 2.05) is 25.7 Å². The number of amides is 1. The molecule has 0 aromatic rings. The maximum Gasteiger partial charge on any atom is 0.410 e. The molecule has 98 valence electrons. The molecule has 2 rings (SSSR count). The molecule has 1 amide bonds. The third-order valence-electron chi connectivity index (χ3n) is 3.72. The van der Waals surface area contributed by atoms with Crippen LogP contribution in [0, 0.1) is 0 Å². The van der Waals surface area contributed by atoms with Gasteiger partial charge in [-0.3, -0.25) is 0 Å². The number of likely N-dealkylation sites (tertiary alicyclic amines) is 1. The lowest BCUT2D eigenvalue weighted by Gasteiger charge is -2.38. The Balaban J connectivity index is 1.95. The molecule has 4 heteroatoms. The van der Waals surface area contributed by atoms with Gasteiger partial charge in [-0.1, -0.05) is 0 Å². The van der Waals surface area contributed by atoms with E-state index in [0.717, 1.165) is 19.5 Å². The van der Waals surface area contributed by atoms with Crippen LogP contribution in [0.1, 0.15) is 46.5 Å². The van der Waals surface area contributed by atoms with Gasteiger partial charge in [-0.2, -0.15) is 0 Å². The third kappa shape index (κ3) is 3.12. The van der Waals surface area contributed by atoms with Crippen molar-refractivity contribution in [2.45, 2.75) is 57.6 Å². The molecular formula is C13H25N2O2+. The number of carbonyl (C=O) groups is 1. The minimum atomic E-state index is -0.388. The van der Waals surface area contributed by atoms with Gasteiger partial charge in [0.1, 0.15) is 11.1 Å². The number of carbonyl (C=O) groups excluding carboxylic acids is 1. The predicted octanol–water partition coefficient (Wildman–Crippen LogP) is 1.11. The lowest BCUT2D eigenvalue weighted by molar-refractivity contribution is -0.709. The Morgan fingerprint density at radius 1 is 1.29 bits per heavy atom. The lowest BCUT2D eigenvalue weighted by atomic mass is 9.88. The highest BCUT2D eigenvalue weighted by atomic mass is 16.6. The van der Waals surface area contributed by atoms with E-state index in [-0.39, 0.29) is 11.7 Å². The smallest absolute Gasteiger partial charge is 0.410 e. The standard InChI is InChI=1S/C13H24N2O2/c1-12(2,3)17-11(16)15-9-5-7-13(10-15)6-4-8-14-13/h14H,4-10H2,1-3H3/p+1/t13-/m0/s1. The van der Waals surface area contributed by atoms with E-state index in [0.29, 0.717) is 5.54 Å². The molecule has 0 radical (unpaired) electrons. The van der Waals surface area contributed by atoms with Crippen molar-refractivity contribution in [2.75, 3.05) is 19.6 Å². The predicted molar refractivity (Wildman–Crippen MR) is 65.8 cm³/mol. The van der Waals surface area contributed by atoms with Crippen LogP contribution in [0.2, 0.25) is 0 Å². The molecule has 1 atom stereocenters. The zero-order chi connectivity index (χ0) is 12.5. The number of hydrogen-bond acceptors (Lipinski definition) is 2. The van der Waals surface area contributed by atoms with Gasteiger partial charge in [-0.15, -0.1) is 0 Å². The van der Waals surface area contributed by atoms with Crippen molar-refractivity contribution in [3.05, 3.63) is 0 Å². The summed E-state index contributed by atoms with van der Waals surface area (Å²) in [6.07, 6.45) is 4.73. The van der Waals surface area contributed by atoms with Crippen LogP contribution in [-0.4, -0.2) is 41.8 Å². The van der Waals surface area contributed by atoms with Gasteiger partial charge in [0.25, 0.3) is 0 Å². The zero-order valence-electron chi connectivity index (χ0n) is 11.3. The van der Waals surface area contributed by atoms with Gasteiger partial charge in [0, 0.05) is 25.8 Å². The molecule has 2 aliphatic rings.